The van der Waals surface area contributed by atoms with Crippen molar-refractivity contribution < 1.29 is 9.90 Å². The molecule has 0 fully saturated rings. The summed E-state index contributed by atoms with van der Waals surface area (Å²) in [6.45, 7) is 7.71. The van der Waals surface area contributed by atoms with Gasteiger partial charge in [-0.05, 0) is 38.0 Å². The topological polar surface area (TPSA) is 80.0 Å². The predicted molar refractivity (Wildman–Crippen MR) is 89.0 cm³/mol. The van der Waals surface area contributed by atoms with Crippen LogP contribution in [-0.2, 0) is 0 Å². The van der Waals surface area contributed by atoms with Crippen LogP contribution in [0.2, 0.25) is 5.02 Å². The number of carbonyl (C=O) groups excluding carboxylic acids is 1. The van der Waals surface area contributed by atoms with Gasteiger partial charge >= 0.3 is 0 Å². The minimum atomic E-state index is -0.614. The molecule has 1 amide bonds. The fourth-order valence-electron chi connectivity index (χ4n) is 2.09. The molecule has 0 aliphatic rings. The van der Waals surface area contributed by atoms with Crippen molar-refractivity contribution >= 4 is 17.5 Å². The number of nitrogens with one attached hydrogen (secondary N) is 1. The molecule has 0 saturated carbocycles. The Morgan fingerprint density at radius 3 is 2.65 bits per heavy atom. The second-order valence-electron chi connectivity index (χ2n) is 5.86. The molecule has 0 aliphatic carbocycles. The normalized spacial score (nSPS) is 12.5. The molecule has 2 N–H and O–H groups in total. The number of amides is 1. The average Bonchev–Trinajstić information content (AvgIpc) is 2.83. The highest BCUT2D eigenvalue weighted by molar-refractivity contribution is 6.33. The summed E-state index contributed by atoms with van der Waals surface area (Å²) in [6.07, 6.45) is -0.614. The lowest BCUT2D eigenvalue weighted by Crippen LogP contribution is -2.35. The first-order valence-electron chi connectivity index (χ1n) is 7.46. The molecule has 2 heterocycles. The fourth-order valence-corrected chi connectivity index (χ4v) is 2.28. The number of halogens is 1. The van der Waals surface area contributed by atoms with Gasteiger partial charge in [0.15, 0.2) is 5.82 Å². The molecular formula is C16H21ClN4O2. The maximum Gasteiger partial charge on any atom is 0.271 e. The van der Waals surface area contributed by atoms with E-state index < -0.39 is 12.0 Å². The van der Waals surface area contributed by atoms with E-state index in [0.717, 1.165) is 11.4 Å². The first kappa shape index (κ1) is 17.4. The van der Waals surface area contributed by atoms with Gasteiger partial charge in [-0.1, -0.05) is 25.4 Å². The second-order valence-corrected chi connectivity index (χ2v) is 6.27. The maximum absolute atomic E-state index is 12.3. The van der Waals surface area contributed by atoms with Gasteiger partial charge in [-0.15, -0.1) is 0 Å². The molecule has 0 aliphatic heterocycles. The molecule has 124 valence electrons. The van der Waals surface area contributed by atoms with E-state index in [9.17, 15) is 9.90 Å². The van der Waals surface area contributed by atoms with Gasteiger partial charge in [0.05, 0.1) is 16.8 Å². The van der Waals surface area contributed by atoms with E-state index in [1.54, 1.807) is 16.8 Å². The first-order valence-corrected chi connectivity index (χ1v) is 7.84. The van der Waals surface area contributed by atoms with Crippen LogP contribution in [0.5, 0.6) is 0 Å². The highest BCUT2D eigenvalue weighted by Gasteiger charge is 2.17. The smallest absolute Gasteiger partial charge is 0.271 e. The summed E-state index contributed by atoms with van der Waals surface area (Å²) in [6, 6.07) is 5.25. The number of rotatable bonds is 5. The molecule has 1 atom stereocenters. The van der Waals surface area contributed by atoms with Crippen molar-refractivity contribution in [1.82, 2.24) is 20.1 Å². The third-order valence-corrected chi connectivity index (χ3v) is 3.82. The Labute approximate surface area is 140 Å². The third-order valence-electron chi connectivity index (χ3n) is 3.51. The zero-order valence-electron chi connectivity index (χ0n) is 13.7. The van der Waals surface area contributed by atoms with Crippen LogP contribution in [0.15, 0.2) is 18.2 Å². The van der Waals surface area contributed by atoms with Crippen molar-refractivity contribution in [2.24, 2.45) is 5.92 Å². The number of aromatic nitrogens is 3. The first-order chi connectivity index (χ1) is 10.8. The van der Waals surface area contributed by atoms with Crippen molar-refractivity contribution in [3.05, 3.63) is 40.3 Å². The summed E-state index contributed by atoms with van der Waals surface area (Å²) < 4.78 is 1.66. The minimum absolute atomic E-state index is 0.0553. The number of hydrogen-bond acceptors (Lipinski definition) is 4. The summed E-state index contributed by atoms with van der Waals surface area (Å²) in [7, 11) is 0. The Morgan fingerprint density at radius 1 is 1.39 bits per heavy atom. The summed E-state index contributed by atoms with van der Waals surface area (Å²) >= 11 is 6.09. The zero-order chi connectivity index (χ0) is 17.1. The molecule has 2 rings (SSSR count). The molecule has 23 heavy (non-hydrogen) atoms. The third kappa shape index (κ3) is 4.09. The molecule has 2 aromatic heterocycles. The maximum atomic E-state index is 12.3. The number of aryl methyl sites for hydroxylation is 2. The van der Waals surface area contributed by atoms with Gasteiger partial charge < -0.3 is 10.4 Å². The van der Waals surface area contributed by atoms with Crippen LogP contribution in [0.25, 0.3) is 5.82 Å². The van der Waals surface area contributed by atoms with Crippen LogP contribution in [0.4, 0.5) is 0 Å². The summed E-state index contributed by atoms with van der Waals surface area (Å²) in [5.41, 5.74) is 1.90. The zero-order valence-corrected chi connectivity index (χ0v) is 14.4. The Bertz CT molecular complexity index is 712. The van der Waals surface area contributed by atoms with Gasteiger partial charge in [0, 0.05) is 12.2 Å². The Kier molecular flexibility index (Phi) is 5.38. The van der Waals surface area contributed by atoms with Crippen LogP contribution in [0.1, 0.15) is 35.7 Å². The lowest BCUT2D eigenvalue weighted by molar-refractivity contribution is 0.0867. The largest absolute Gasteiger partial charge is 0.391 e. The van der Waals surface area contributed by atoms with Gasteiger partial charge in [0.2, 0.25) is 0 Å². The van der Waals surface area contributed by atoms with Crippen LogP contribution >= 0.6 is 11.6 Å². The van der Waals surface area contributed by atoms with Crippen molar-refractivity contribution in [2.75, 3.05) is 6.54 Å². The minimum Gasteiger partial charge on any atom is -0.391 e. The van der Waals surface area contributed by atoms with Crippen molar-refractivity contribution in [1.29, 1.82) is 0 Å². The van der Waals surface area contributed by atoms with E-state index in [4.69, 9.17) is 11.6 Å². The summed E-state index contributed by atoms with van der Waals surface area (Å²) in [4.78, 5) is 16.6. The van der Waals surface area contributed by atoms with Crippen molar-refractivity contribution in [3.8, 4) is 5.82 Å². The monoisotopic (exact) mass is 336 g/mol. The molecule has 7 heteroatoms. The number of nitrogens with zero attached hydrogens (tertiary/aromatic N) is 3. The highest BCUT2D eigenvalue weighted by atomic mass is 35.5. The average molecular weight is 337 g/mol. The SMILES string of the molecule is Cc1cc(C)n(-c2ccc(Cl)c(C(=O)NCC(O)C(C)C)n2)n1. The summed E-state index contributed by atoms with van der Waals surface area (Å²) in [5, 5.41) is 17.0. The number of aliphatic hydroxyl groups is 1. The van der Waals surface area contributed by atoms with Gasteiger partial charge in [0.1, 0.15) is 5.69 Å². The lowest BCUT2D eigenvalue weighted by atomic mass is 10.1. The van der Waals surface area contributed by atoms with Crippen molar-refractivity contribution in [2.45, 2.75) is 33.8 Å². The second kappa shape index (κ2) is 7.10. The van der Waals surface area contributed by atoms with Gasteiger partial charge in [-0.25, -0.2) is 9.67 Å². The molecular weight excluding hydrogens is 316 g/mol. The standard InChI is InChI=1S/C16H21ClN4O2/c1-9(2)13(22)8-18-16(23)15-12(17)5-6-14(19-15)21-11(4)7-10(3)20-21/h5-7,9,13,22H,8H2,1-4H3,(H,18,23). The van der Waals surface area contributed by atoms with E-state index in [1.165, 1.54) is 0 Å². The number of carbonyl (C=O) groups is 1. The van der Waals surface area contributed by atoms with E-state index in [-0.39, 0.29) is 23.2 Å². The van der Waals surface area contributed by atoms with E-state index in [1.807, 2.05) is 33.8 Å². The van der Waals surface area contributed by atoms with Gasteiger partial charge in [0.25, 0.3) is 5.91 Å². The predicted octanol–water partition coefficient (Wildman–Crippen LogP) is 2.28. The molecule has 1 unspecified atom stereocenters. The number of aliphatic hydroxyl groups excluding tert-OH is 1. The summed E-state index contributed by atoms with van der Waals surface area (Å²) in [5.74, 6) is 0.160. The Hall–Kier alpha value is -1.92. The number of hydrogen-bond donors (Lipinski definition) is 2. The quantitative estimate of drug-likeness (QED) is 0.877. The molecule has 0 bridgehead atoms. The van der Waals surface area contributed by atoms with Crippen LogP contribution in [0.3, 0.4) is 0 Å². The number of pyridine rings is 1. The van der Waals surface area contributed by atoms with E-state index >= 15 is 0 Å². The fraction of sp³-hybridized carbons (Fsp3) is 0.438. The van der Waals surface area contributed by atoms with Crippen molar-refractivity contribution in [3.63, 3.8) is 0 Å². The van der Waals surface area contributed by atoms with Crippen LogP contribution in [0, 0.1) is 19.8 Å². The van der Waals surface area contributed by atoms with Crippen LogP contribution in [-0.4, -0.2) is 38.4 Å². The Balaban J connectivity index is 2.24. The van der Waals surface area contributed by atoms with E-state index in [2.05, 4.69) is 15.4 Å². The molecule has 2 aromatic rings. The molecule has 0 spiro atoms. The van der Waals surface area contributed by atoms with Gasteiger partial charge in [-0.3, -0.25) is 4.79 Å². The highest BCUT2D eigenvalue weighted by Crippen LogP contribution is 2.17. The molecule has 0 aromatic carbocycles. The molecule has 0 radical (unpaired) electrons. The van der Waals surface area contributed by atoms with Gasteiger partial charge in [-0.2, -0.15) is 5.10 Å². The lowest BCUT2D eigenvalue weighted by Gasteiger charge is -2.15. The van der Waals surface area contributed by atoms with Crippen LogP contribution < -0.4 is 5.32 Å². The molecule has 0 saturated heterocycles. The van der Waals surface area contributed by atoms with E-state index in [0.29, 0.717) is 5.82 Å². The Morgan fingerprint density at radius 2 is 2.09 bits per heavy atom. The molecule has 6 nitrogen and oxygen atoms in total.